The lowest BCUT2D eigenvalue weighted by Gasteiger charge is -2.18. The van der Waals surface area contributed by atoms with Crippen LogP contribution in [0.2, 0.25) is 0 Å². The average molecular weight is 285 g/mol. The van der Waals surface area contributed by atoms with Gasteiger partial charge in [-0.1, -0.05) is 17.3 Å². The Morgan fingerprint density at radius 3 is 3.05 bits per heavy atom. The summed E-state index contributed by atoms with van der Waals surface area (Å²) in [5.41, 5.74) is 7.60. The molecule has 2 aromatic rings. The Balaban J connectivity index is 1.49. The molecule has 5 nitrogen and oxygen atoms in total. The molecule has 3 unspecified atom stereocenters. The van der Waals surface area contributed by atoms with E-state index in [1.807, 2.05) is 29.2 Å². The van der Waals surface area contributed by atoms with Crippen LogP contribution in [-0.4, -0.2) is 35.1 Å². The molecule has 1 aliphatic heterocycles. The largest absolute Gasteiger partial charge is 0.356 e. The van der Waals surface area contributed by atoms with E-state index in [4.69, 9.17) is 10.3 Å². The van der Waals surface area contributed by atoms with Crippen LogP contribution in [0.25, 0.3) is 11.0 Å². The maximum absolute atomic E-state index is 12.5. The number of amides is 1. The molecule has 1 saturated heterocycles. The molecule has 0 bridgehead atoms. The second-order valence-corrected chi connectivity index (χ2v) is 6.27. The normalized spacial score (nSPS) is 28.2. The van der Waals surface area contributed by atoms with Crippen molar-refractivity contribution in [2.24, 2.45) is 17.6 Å². The van der Waals surface area contributed by atoms with Crippen LogP contribution in [0.1, 0.15) is 18.5 Å². The van der Waals surface area contributed by atoms with Crippen molar-refractivity contribution in [1.82, 2.24) is 10.1 Å². The zero-order valence-corrected chi connectivity index (χ0v) is 11.9. The van der Waals surface area contributed by atoms with Crippen molar-refractivity contribution < 1.29 is 9.32 Å². The second kappa shape index (κ2) is 4.84. The molecule has 1 aromatic carbocycles. The molecule has 0 radical (unpaired) electrons. The minimum absolute atomic E-state index is 0.135. The highest BCUT2D eigenvalue weighted by Crippen LogP contribution is 2.37. The molecule has 4 rings (SSSR count). The van der Waals surface area contributed by atoms with Crippen LogP contribution in [0, 0.1) is 11.8 Å². The molecular formula is C16H19N3O2. The lowest BCUT2D eigenvalue weighted by Crippen LogP contribution is -2.34. The van der Waals surface area contributed by atoms with Crippen LogP contribution < -0.4 is 5.73 Å². The summed E-state index contributed by atoms with van der Waals surface area (Å²) in [6.07, 6.45) is 2.57. The summed E-state index contributed by atoms with van der Waals surface area (Å²) in [4.78, 5) is 14.5. The summed E-state index contributed by atoms with van der Waals surface area (Å²) in [6, 6.07) is 7.92. The Morgan fingerprint density at radius 1 is 1.33 bits per heavy atom. The Kier molecular flexibility index (Phi) is 2.96. The lowest BCUT2D eigenvalue weighted by atomic mass is 9.98. The molecule has 1 aliphatic carbocycles. The number of benzene rings is 1. The highest BCUT2D eigenvalue weighted by Gasteiger charge is 2.42. The van der Waals surface area contributed by atoms with Crippen LogP contribution in [0.15, 0.2) is 28.8 Å². The average Bonchev–Trinajstić information content (AvgIpc) is 3.16. The second-order valence-electron chi connectivity index (χ2n) is 6.27. The van der Waals surface area contributed by atoms with Crippen molar-refractivity contribution in [1.29, 1.82) is 0 Å². The van der Waals surface area contributed by atoms with Crippen molar-refractivity contribution >= 4 is 16.9 Å². The number of hydrogen-bond acceptors (Lipinski definition) is 4. The summed E-state index contributed by atoms with van der Waals surface area (Å²) >= 11 is 0. The predicted octanol–water partition coefficient (Wildman–Crippen LogP) is 1.57. The number of hydrogen-bond donors (Lipinski definition) is 1. The summed E-state index contributed by atoms with van der Waals surface area (Å²) in [5, 5.41) is 4.98. The standard InChI is InChI=1S/C16H19N3O2/c17-13-6-5-10-8-19(9-12(10)13)16(20)7-14-11-3-1-2-4-15(11)21-18-14/h1-4,10,12-13H,5-9,17H2. The van der Waals surface area contributed by atoms with Gasteiger partial charge in [-0.15, -0.1) is 0 Å². The van der Waals surface area contributed by atoms with E-state index in [1.165, 1.54) is 0 Å². The van der Waals surface area contributed by atoms with Gasteiger partial charge in [-0.2, -0.15) is 0 Å². The summed E-state index contributed by atoms with van der Waals surface area (Å²) in [7, 11) is 0. The van der Waals surface area contributed by atoms with Crippen molar-refractivity contribution in [2.45, 2.75) is 25.3 Å². The molecule has 2 N–H and O–H groups in total. The quantitative estimate of drug-likeness (QED) is 0.909. The fourth-order valence-corrected chi connectivity index (χ4v) is 3.83. The number of likely N-dealkylation sites (tertiary alicyclic amines) is 1. The Morgan fingerprint density at radius 2 is 2.19 bits per heavy atom. The molecule has 1 amide bonds. The van der Waals surface area contributed by atoms with Crippen LogP contribution in [0.4, 0.5) is 0 Å². The van der Waals surface area contributed by atoms with Gasteiger partial charge in [-0.25, -0.2) is 0 Å². The first-order valence-corrected chi connectivity index (χ1v) is 7.59. The third-order valence-electron chi connectivity index (χ3n) is 5.04. The fourth-order valence-electron chi connectivity index (χ4n) is 3.83. The van der Waals surface area contributed by atoms with Crippen molar-refractivity contribution in [3.8, 4) is 0 Å². The summed E-state index contributed by atoms with van der Waals surface area (Å²) in [6.45, 7) is 1.66. The highest BCUT2D eigenvalue weighted by atomic mass is 16.5. The zero-order chi connectivity index (χ0) is 14.4. The van der Waals surface area contributed by atoms with Gasteiger partial charge < -0.3 is 15.2 Å². The van der Waals surface area contributed by atoms with Gasteiger partial charge in [0, 0.05) is 24.5 Å². The number of carbonyl (C=O) groups is 1. The maximum Gasteiger partial charge on any atom is 0.228 e. The number of para-hydroxylation sites is 1. The number of nitrogens with two attached hydrogens (primary N) is 1. The van der Waals surface area contributed by atoms with E-state index in [-0.39, 0.29) is 11.9 Å². The number of carbonyl (C=O) groups excluding carboxylic acids is 1. The van der Waals surface area contributed by atoms with Crippen molar-refractivity contribution in [3.63, 3.8) is 0 Å². The molecule has 3 atom stereocenters. The van der Waals surface area contributed by atoms with E-state index < -0.39 is 0 Å². The molecule has 21 heavy (non-hydrogen) atoms. The van der Waals surface area contributed by atoms with Gasteiger partial charge in [0.2, 0.25) is 5.91 Å². The predicted molar refractivity (Wildman–Crippen MR) is 78.5 cm³/mol. The van der Waals surface area contributed by atoms with E-state index >= 15 is 0 Å². The Labute approximate surface area is 123 Å². The summed E-state index contributed by atoms with van der Waals surface area (Å²) < 4.78 is 5.26. The van der Waals surface area contributed by atoms with Gasteiger partial charge in [0.05, 0.1) is 6.42 Å². The SMILES string of the molecule is NC1CCC2CN(C(=O)Cc3noc4ccccc34)CC12. The van der Waals surface area contributed by atoms with Crippen LogP contribution in [0.5, 0.6) is 0 Å². The van der Waals surface area contributed by atoms with Crippen LogP contribution in [-0.2, 0) is 11.2 Å². The topological polar surface area (TPSA) is 72.4 Å². The van der Waals surface area contributed by atoms with E-state index in [0.29, 0.717) is 18.3 Å². The Hall–Kier alpha value is -1.88. The van der Waals surface area contributed by atoms with Crippen molar-refractivity contribution in [3.05, 3.63) is 30.0 Å². The van der Waals surface area contributed by atoms with Gasteiger partial charge in [0.15, 0.2) is 5.58 Å². The fraction of sp³-hybridized carbons (Fsp3) is 0.500. The van der Waals surface area contributed by atoms with Gasteiger partial charge in [0.25, 0.3) is 0 Å². The third kappa shape index (κ3) is 2.12. The van der Waals surface area contributed by atoms with E-state index in [0.717, 1.165) is 42.6 Å². The number of fused-ring (bicyclic) bond motifs is 2. The minimum atomic E-state index is 0.135. The molecule has 5 heteroatoms. The van der Waals surface area contributed by atoms with Gasteiger partial charge in [-0.3, -0.25) is 4.79 Å². The Bertz CT molecular complexity index is 681. The molecule has 2 heterocycles. The lowest BCUT2D eigenvalue weighted by molar-refractivity contribution is -0.129. The van der Waals surface area contributed by atoms with Gasteiger partial charge in [0.1, 0.15) is 5.69 Å². The van der Waals surface area contributed by atoms with Crippen LogP contribution >= 0.6 is 0 Å². The van der Waals surface area contributed by atoms with E-state index in [9.17, 15) is 4.79 Å². The first kappa shape index (κ1) is 12.8. The number of nitrogens with zero attached hydrogens (tertiary/aromatic N) is 2. The molecule has 1 saturated carbocycles. The minimum Gasteiger partial charge on any atom is -0.356 e. The first-order chi connectivity index (χ1) is 10.2. The highest BCUT2D eigenvalue weighted by molar-refractivity contribution is 5.86. The van der Waals surface area contributed by atoms with Gasteiger partial charge >= 0.3 is 0 Å². The zero-order valence-electron chi connectivity index (χ0n) is 11.9. The molecule has 2 fully saturated rings. The van der Waals surface area contributed by atoms with Gasteiger partial charge in [-0.05, 0) is 36.8 Å². The third-order valence-corrected chi connectivity index (χ3v) is 5.04. The number of aromatic nitrogens is 1. The maximum atomic E-state index is 12.5. The first-order valence-electron chi connectivity index (χ1n) is 7.59. The molecule has 1 aromatic heterocycles. The van der Waals surface area contributed by atoms with E-state index in [2.05, 4.69) is 5.16 Å². The monoisotopic (exact) mass is 285 g/mol. The van der Waals surface area contributed by atoms with Crippen molar-refractivity contribution in [2.75, 3.05) is 13.1 Å². The molecule has 110 valence electrons. The van der Waals surface area contributed by atoms with E-state index in [1.54, 1.807) is 0 Å². The molecule has 2 aliphatic rings. The van der Waals surface area contributed by atoms with Crippen LogP contribution in [0.3, 0.4) is 0 Å². The number of rotatable bonds is 2. The molecule has 0 spiro atoms. The smallest absolute Gasteiger partial charge is 0.228 e. The summed E-state index contributed by atoms with van der Waals surface area (Å²) in [5.74, 6) is 1.22. The molecular weight excluding hydrogens is 266 g/mol.